The van der Waals surface area contributed by atoms with Crippen molar-refractivity contribution in [1.29, 1.82) is 0 Å². The Morgan fingerprint density at radius 2 is 1.91 bits per heavy atom. The lowest BCUT2D eigenvalue weighted by molar-refractivity contribution is -0.671. The second-order valence-corrected chi connectivity index (χ2v) is 7.52. The van der Waals surface area contributed by atoms with Crippen LogP contribution in [0, 0.1) is 0 Å². The molecule has 0 saturated carbocycles. The van der Waals surface area contributed by atoms with Gasteiger partial charge in [0.1, 0.15) is 18.2 Å². The minimum atomic E-state index is -4.15. The summed E-state index contributed by atoms with van der Waals surface area (Å²) in [6.07, 6.45) is 14.3. The first kappa shape index (κ1) is 19.4. The first-order chi connectivity index (χ1) is 10.3. The maximum absolute atomic E-state index is 10.1. The molecule has 0 radical (unpaired) electrons. The van der Waals surface area contributed by atoms with Gasteiger partial charge >= 0.3 is 0 Å². The van der Waals surface area contributed by atoms with Gasteiger partial charge in [0.05, 0.1) is 19.7 Å². The fourth-order valence-electron chi connectivity index (χ4n) is 2.23. The number of unbranched alkanes of at least 4 members (excludes halogenated alkanes) is 5. The van der Waals surface area contributed by atoms with Crippen molar-refractivity contribution in [1.82, 2.24) is 4.57 Å². The molecule has 1 unspecified atom stereocenters. The molecule has 0 aliphatic carbocycles. The zero-order valence-corrected chi connectivity index (χ0v) is 14.7. The van der Waals surface area contributed by atoms with Crippen LogP contribution in [0.15, 0.2) is 18.7 Å². The molecule has 128 valence electrons. The standard InChI is InChI=1S/C12H23N2.C3H7O4P/c1-3-4-5-6-7-8-9-14-11-10-13(2)12-14;1-2-3(7-2)8(4,5)6/h10-12H,3-9H2,1-2H3;2-3H,1H3,(H2,4,5,6)/q+1;/p-1/t;2-,3+/m.1/s1. The van der Waals surface area contributed by atoms with E-state index in [4.69, 9.17) is 4.89 Å². The molecular weight excluding hydrogens is 303 g/mol. The van der Waals surface area contributed by atoms with Crippen LogP contribution < -0.4 is 9.46 Å². The van der Waals surface area contributed by atoms with Gasteiger partial charge in [-0.15, -0.1) is 0 Å². The third-order valence-corrected chi connectivity index (χ3v) is 4.78. The van der Waals surface area contributed by atoms with Crippen LogP contribution >= 0.6 is 7.60 Å². The topological polar surface area (TPSA) is 81.7 Å². The van der Waals surface area contributed by atoms with Crippen molar-refractivity contribution >= 4 is 7.60 Å². The summed E-state index contributed by atoms with van der Waals surface area (Å²) in [5.41, 5.74) is 0. The van der Waals surface area contributed by atoms with Gasteiger partial charge in [-0.1, -0.05) is 32.6 Å². The number of epoxide rings is 1. The molecule has 7 heteroatoms. The van der Waals surface area contributed by atoms with E-state index in [0.717, 1.165) is 0 Å². The van der Waals surface area contributed by atoms with Crippen LogP contribution in [0.3, 0.4) is 0 Å². The second-order valence-electron chi connectivity index (χ2n) is 5.88. The summed E-state index contributed by atoms with van der Waals surface area (Å²) in [4.78, 5) is 18.3. The number of aryl methyl sites for hydroxylation is 2. The molecule has 0 aromatic carbocycles. The van der Waals surface area contributed by atoms with Crippen LogP contribution in [-0.4, -0.2) is 21.4 Å². The van der Waals surface area contributed by atoms with Crippen LogP contribution in [-0.2, 0) is 22.9 Å². The third-order valence-electron chi connectivity index (χ3n) is 3.59. The van der Waals surface area contributed by atoms with Gasteiger partial charge in [-0.2, -0.15) is 0 Å². The molecule has 0 bridgehead atoms. The Bertz CT molecular complexity index is 472. The molecule has 1 aliphatic rings. The number of aromatic nitrogens is 2. The Kier molecular flexibility index (Phi) is 8.33. The summed E-state index contributed by atoms with van der Waals surface area (Å²) in [7, 11) is -2.09. The monoisotopic (exact) mass is 332 g/mol. The maximum Gasteiger partial charge on any atom is 0.243 e. The molecule has 0 spiro atoms. The molecule has 1 aromatic rings. The Labute approximate surface area is 133 Å². The Morgan fingerprint density at radius 3 is 2.32 bits per heavy atom. The van der Waals surface area contributed by atoms with Gasteiger partial charge in [-0.05, 0) is 19.8 Å². The number of ether oxygens (including phenoxy) is 1. The van der Waals surface area contributed by atoms with Crippen LogP contribution in [0.4, 0.5) is 0 Å². The molecule has 2 rings (SSSR count). The second kappa shape index (κ2) is 9.46. The first-order valence-electron chi connectivity index (χ1n) is 8.04. The lowest BCUT2D eigenvalue weighted by atomic mass is 10.1. The Hall–Kier alpha value is -0.680. The Morgan fingerprint density at radius 1 is 1.32 bits per heavy atom. The molecule has 1 fully saturated rings. The van der Waals surface area contributed by atoms with E-state index in [1.165, 1.54) is 45.1 Å². The van der Waals surface area contributed by atoms with E-state index in [0.29, 0.717) is 0 Å². The predicted molar refractivity (Wildman–Crippen MR) is 83.1 cm³/mol. The van der Waals surface area contributed by atoms with Crippen molar-refractivity contribution in [2.75, 3.05) is 0 Å². The zero-order valence-electron chi connectivity index (χ0n) is 13.9. The molecule has 2 heterocycles. The molecular formula is C15H29N2O4P. The van der Waals surface area contributed by atoms with Gasteiger partial charge in [-0.25, -0.2) is 9.13 Å². The summed E-state index contributed by atoms with van der Waals surface area (Å²) < 4.78 is 18.9. The maximum atomic E-state index is 10.1. The Balaban J connectivity index is 0.000000255. The number of rotatable bonds is 8. The normalized spacial score (nSPS) is 22.6. The van der Waals surface area contributed by atoms with Crippen molar-refractivity contribution in [2.24, 2.45) is 7.05 Å². The highest BCUT2D eigenvalue weighted by Crippen LogP contribution is 2.49. The van der Waals surface area contributed by atoms with Crippen LogP contribution in [0.2, 0.25) is 0 Å². The summed E-state index contributed by atoms with van der Waals surface area (Å²) >= 11 is 0. The van der Waals surface area contributed by atoms with Crippen molar-refractivity contribution in [3.8, 4) is 0 Å². The van der Waals surface area contributed by atoms with Gasteiger partial charge < -0.3 is 19.1 Å². The summed E-state index contributed by atoms with van der Waals surface area (Å²) in [5.74, 6) is -0.928. The highest BCUT2D eigenvalue weighted by Gasteiger charge is 2.42. The number of imidazole rings is 1. The van der Waals surface area contributed by atoms with Crippen LogP contribution in [0.25, 0.3) is 0 Å². The van der Waals surface area contributed by atoms with E-state index >= 15 is 0 Å². The fraction of sp³-hybridized carbons (Fsp3) is 0.800. The number of hydrogen-bond acceptors (Lipinski definition) is 3. The van der Waals surface area contributed by atoms with E-state index in [-0.39, 0.29) is 6.10 Å². The van der Waals surface area contributed by atoms with Crippen molar-refractivity contribution in [2.45, 2.75) is 70.9 Å². The summed E-state index contributed by atoms with van der Waals surface area (Å²) in [6, 6.07) is 0. The minimum absolute atomic E-state index is 0.316. The van der Waals surface area contributed by atoms with E-state index in [9.17, 15) is 9.46 Å². The van der Waals surface area contributed by atoms with E-state index in [1.807, 2.05) is 0 Å². The molecule has 22 heavy (non-hydrogen) atoms. The molecule has 1 saturated heterocycles. The van der Waals surface area contributed by atoms with Gasteiger partial charge in [0.25, 0.3) is 0 Å². The van der Waals surface area contributed by atoms with Crippen molar-refractivity contribution in [3.05, 3.63) is 18.7 Å². The molecule has 6 nitrogen and oxygen atoms in total. The van der Waals surface area contributed by atoms with Gasteiger partial charge in [0.2, 0.25) is 6.33 Å². The lowest BCUT2D eigenvalue weighted by Gasteiger charge is -2.10. The highest BCUT2D eigenvalue weighted by molar-refractivity contribution is 7.51. The van der Waals surface area contributed by atoms with Gasteiger partial charge in [0, 0.05) is 0 Å². The fourth-order valence-corrected chi connectivity index (χ4v) is 3.10. The molecule has 1 aliphatic heterocycles. The molecule has 1 N–H and O–H groups in total. The first-order valence-corrected chi connectivity index (χ1v) is 9.69. The van der Waals surface area contributed by atoms with Crippen LogP contribution in [0.1, 0.15) is 52.4 Å². The van der Waals surface area contributed by atoms with Gasteiger partial charge in [0.15, 0.2) is 7.60 Å². The average Bonchev–Trinajstić information content (AvgIpc) is 3.05. The lowest BCUT2D eigenvalue weighted by Crippen LogP contribution is -2.23. The summed E-state index contributed by atoms with van der Waals surface area (Å²) in [6.45, 7) is 5.03. The predicted octanol–water partition coefficient (Wildman–Crippen LogP) is 1.95. The smallest absolute Gasteiger partial charge is 0.243 e. The summed E-state index contributed by atoms with van der Waals surface area (Å²) in [5, 5.41) is 0. The molecule has 1 aromatic heterocycles. The number of nitrogens with zero attached hydrogens (tertiary/aromatic N) is 2. The minimum Gasteiger partial charge on any atom is -0.777 e. The van der Waals surface area contributed by atoms with E-state index in [1.54, 1.807) is 6.92 Å². The van der Waals surface area contributed by atoms with Crippen LogP contribution in [0.5, 0.6) is 0 Å². The quantitative estimate of drug-likeness (QED) is 0.341. The average molecular weight is 332 g/mol. The third kappa shape index (κ3) is 8.08. The zero-order chi connectivity index (χ0) is 16.6. The number of hydrogen-bond donors (Lipinski definition) is 1. The van der Waals surface area contributed by atoms with Crippen molar-refractivity contribution in [3.63, 3.8) is 0 Å². The highest BCUT2D eigenvalue weighted by atomic mass is 31.2. The van der Waals surface area contributed by atoms with E-state index < -0.39 is 13.4 Å². The van der Waals surface area contributed by atoms with Gasteiger partial charge in [-0.3, -0.25) is 0 Å². The SMILES string of the molecule is CCCCCCCCn1cc[n+](C)c1.C[C@H]1O[C@H]1P(=O)([O-])O. The molecule has 3 atom stereocenters. The van der Waals surface area contributed by atoms with Crippen molar-refractivity contribution < 1.29 is 23.7 Å². The van der Waals surface area contributed by atoms with E-state index in [2.05, 4.69) is 46.6 Å². The molecule has 0 amide bonds. The largest absolute Gasteiger partial charge is 0.777 e.